The Hall–Kier alpha value is -0.400. The van der Waals surface area contributed by atoms with E-state index in [9.17, 15) is 9.18 Å². The van der Waals surface area contributed by atoms with Gasteiger partial charge < -0.3 is 0 Å². The molecule has 0 fully saturated rings. The average Bonchev–Trinajstić information content (AvgIpc) is 2.28. The summed E-state index contributed by atoms with van der Waals surface area (Å²) in [6, 6.07) is 0. The lowest BCUT2D eigenvalue weighted by atomic mass is 10.0. The van der Waals surface area contributed by atoms with Gasteiger partial charge in [-0.3, -0.25) is 4.79 Å². The summed E-state index contributed by atoms with van der Waals surface area (Å²) in [5.74, 6) is -0.185. The number of rotatable bonds is 11. The Kier molecular flexibility index (Phi) is 10.8. The monoisotopic (exact) mass is 230 g/mol. The SMILES string of the molecule is CCCCCCCCCC(=O)C(F)CCC. The molecule has 0 bridgehead atoms. The maximum Gasteiger partial charge on any atom is 0.166 e. The summed E-state index contributed by atoms with van der Waals surface area (Å²) in [5, 5.41) is 0. The first-order valence-corrected chi connectivity index (χ1v) is 6.89. The van der Waals surface area contributed by atoms with E-state index in [0.29, 0.717) is 12.8 Å². The van der Waals surface area contributed by atoms with Crippen LogP contribution in [0.2, 0.25) is 0 Å². The van der Waals surface area contributed by atoms with Crippen molar-refractivity contribution in [2.24, 2.45) is 0 Å². The average molecular weight is 230 g/mol. The molecular formula is C14H27FO. The molecule has 2 heteroatoms. The van der Waals surface area contributed by atoms with E-state index in [2.05, 4.69) is 6.92 Å². The number of halogens is 1. The van der Waals surface area contributed by atoms with E-state index >= 15 is 0 Å². The lowest BCUT2D eigenvalue weighted by Crippen LogP contribution is -2.14. The molecule has 0 N–H and O–H groups in total. The van der Waals surface area contributed by atoms with Crippen LogP contribution in [0.5, 0.6) is 0 Å². The smallest absolute Gasteiger partial charge is 0.166 e. The van der Waals surface area contributed by atoms with Crippen LogP contribution in [0, 0.1) is 0 Å². The van der Waals surface area contributed by atoms with E-state index in [1.54, 1.807) is 0 Å². The van der Waals surface area contributed by atoms with Gasteiger partial charge in [0.2, 0.25) is 0 Å². The van der Waals surface area contributed by atoms with Crippen LogP contribution < -0.4 is 0 Å². The Morgan fingerprint density at radius 3 is 2.06 bits per heavy atom. The molecule has 0 aromatic carbocycles. The molecule has 0 aliphatic heterocycles. The van der Waals surface area contributed by atoms with Crippen LogP contribution in [-0.2, 0) is 4.79 Å². The van der Waals surface area contributed by atoms with E-state index in [4.69, 9.17) is 0 Å². The Morgan fingerprint density at radius 1 is 0.938 bits per heavy atom. The second-order valence-corrected chi connectivity index (χ2v) is 4.59. The minimum atomic E-state index is -1.20. The molecule has 0 aliphatic carbocycles. The number of hydrogen-bond acceptors (Lipinski definition) is 1. The van der Waals surface area contributed by atoms with Gasteiger partial charge in [0.15, 0.2) is 12.0 Å². The highest BCUT2D eigenvalue weighted by molar-refractivity contribution is 5.82. The molecule has 0 spiro atoms. The van der Waals surface area contributed by atoms with E-state index in [0.717, 1.165) is 19.3 Å². The number of carbonyl (C=O) groups is 1. The summed E-state index contributed by atoms with van der Waals surface area (Å²) in [4.78, 5) is 11.3. The standard InChI is InChI=1S/C14H27FO/c1-3-5-6-7-8-9-10-12-14(16)13(15)11-4-2/h13H,3-12H2,1-2H3. The highest BCUT2D eigenvalue weighted by Gasteiger charge is 2.14. The van der Waals surface area contributed by atoms with Gasteiger partial charge in [-0.2, -0.15) is 0 Å². The number of hydrogen-bond donors (Lipinski definition) is 0. The van der Waals surface area contributed by atoms with E-state index in [-0.39, 0.29) is 5.78 Å². The molecule has 0 aromatic heterocycles. The summed E-state index contributed by atoms with van der Waals surface area (Å²) in [6.07, 6.45) is 8.66. The first kappa shape index (κ1) is 15.6. The Balaban J connectivity index is 3.27. The van der Waals surface area contributed by atoms with Crippen molar-refractivity contribution >= 4 is 5.78 Å². The molecule has 0 radical (unpaired) electrons. The summed E-state index contributed by atoms with van der Waals surface area (Å²) in [7, 11) is 0. The highest BCUT2D eigenvalue weighted by Crippen LogP contribution is 2.11. The van der Waals surface area contributed by atoms with Crippen LogP contribution in [0.3, 0.4) is 0 Å². The number of unbranched alkanes of at least 4 members (excludes halogenated alkanes) is 6. The van der Waals surface area contributed by atoms with Gasteiger partial charge >= 0.3 is 0 Å². The first-order valence-electron chi connectivity index (χ1n) is 6.89. The molecule has 0 amide bonds. The quantitative estimate of drug-likeness (QED) is 0.464. The lowest BCUT2D eigenvalue weighted by molar-refractivity contribution is -0.124. The number of ketones is 1. The third-order valence-corrected chi connectivity index (χ3v) is 2.92. The van der Waals surface area contributed by atoms with Crippen LogP contribution in [0.15, 0.2) is 0 Å². The second-order valence-electron chi connectivity index (χ2n) is 4.59. The van der Waals surface area contributed by atoms with Crippen molar-refractivity contribution in [3.8, 4) is 0 Å². The van der Waals surface area contributed by atoms with Gasteiger partial charge in [-0.05, 0) is 12.8 Å². The van der Waals surface area contributed by atoms with Gasteiger partial charge in [0.25, 0.3) is 0 Å². The molecule has 0 saturated heterocycles. The molecule has 0 saturated carbocycles. The molecule has 16 heavy (non-hydrogen) atoms. The third-order valence-electron chi connectivity index (χ3n) is 2.92. The van der Waals surface area contributed by atoms with Crippen molar-refractivity contribution in [3.05, 3.63) is 0 Å². The number of carbonyl (C=O) groups excluding carboxylic acids is 1. The van der Waals surface area contributed by atoms with Crippen molar-refractivity contribution in [2.75, 3.05) is 0 Å². The zero-order chi connectivity index (χ0) is 12.2. The van der Waals surface area contributed by atoms with Crippen molar-refractivity contribution in [3.63, 3.8) is 0 Å². The van der Waals surface area contributed by atoms with Gasteiger partial charge in [0.1, 0.15) is 0 Å². The maximum absolute atomic E-state index is 13.1. The Morgan fingerprint density at radius 2 is 1.50 bits per heavy atom. The molecule has 0 heterocycles. The summed E-state index contributed by atoms with van der Waals surface area (Å²) in [6.45, 7) is 4.11. The fourth-order valence-electron chi connectivity index (χ4n) is 1.83. The molecule has 0 rings (SSSR count). The second kappa shape index (κ2) is 11.1. The highest BCUT2D eigenvalue weighted by atomic mass is 19.1. The molecular weight excluding hydrogens is 203 g/mol. The number of Topliss-reactive ketones (excluding diaryl/α,β-unsaturated/α-hetero) is 1. The van der Waals surface area contributed by atoms with Crippen LogP contribution in [0.1, 0.15) is 78.1 Å². The minimum absolute atomic E-state index is 0.185. The van der Waals surface area contributed by atoms with Crippen LogP contribution in [-0.4, -0.2) is 12.0 Å². The fourth-order valence-corrected chi connectivity index (χ4v) is 1.83. The van der Waals surface area contributed by atoms with Gasteiger partial charge in [0, 0.05) is 6.42 Å². The predicted molar refractivity (Wildman–Crippen MR) is 67.4 cm³/mol. The third kappa shape index (κ3) is 8.87. The molecule has 96 valence electrons. The normalized spacial score (nSPS) is 12.7. The van der Waals surface area contributed by atoms with Crippen LogP contribution in [0.25, 0.3) is 0 Å². The Labute approximate surface area is 99.8 Å². The molecule has 0 aliphatic rings. The topological polar surface area (TPSA) is 17.1 Å². The van der Waals surface area contributed by atoms with Gasteiger partial charge in [0.05, 0.1) is 0 Å². The largest absolute Gasteiger partial charge is 0.296 e. The van der Waals surface area contributed by atoms with Crippen molar-refractivity contribution in [2.45, 2.75) is 84.2 Å². The molecule has 0 aromatic rings. The predicted octanol–water partition coefficient (Wildman–Crippen LogP) is 4.83. The number of alkyl halides is 1. The minimum Gasteiger partial charge on any atom is -0.296 e. The first-order chi connectivity index (χ1) is 7.72. The van der Waals surface area contributed by atoms with Crippen molar-refractivity contribution < 1.29 is 9.18 Å². The van der Waals surface area contributed by atoms with Gasteiger partial charge in [-0.15, -0.1) is 0 Å². The fraction of sp³-hybridized carbons (Fsp3) is 0.929. The van der Waals surface area contributed by atoms with Crippen LogP contribution >= 0.6 is 0 Å². The lowest BCUT2D eigenvalue weighted by Gasteiger charge is -2.05. The molecule has 1 atom stereocenters. The van der Waals surface area contributed by atoms with Crippen molar-refractivity contribution in [1.82, 2.24) is 0 Å². The zero-order valence-corrected chi connectivity index (χ0v) is 10.9. The van der Waals surface area contributed by atoms with E-state index in [1.165, 1.54) is 32.1 Å². The van der Waals surface area contributed by atoms with Crippen molar-refractivity contribution in [1.29, 1.82) is 0 Å². The summed E-state index contributed by atoms with van der Waals surface area (Å²) in [5.41, 5.74) is 0. The van der Waals surface area contributed by atoms with Gasteiger partial charge in [-0.1, -0.05) is 58.8 Å². The maximum atomic E-state index is 13.1. The molecule has 1 nitrogen and oxygen atoms in total. The zero-order valence-electron chi connectivity index (χ0n) is 10.9. The van der Waals surface area contributed by atoms with E-state index < -0.39 is 6.17 Å². The van der Waals surface area contributed by atoms with Gasteiger partial charge in [-0.25, -0.2) is 4.39 Å². The van der Waals surface area contributed by atoms with E-state index in [1.807, 2.05) is 6.92 Å². The molecule has 1 unspecified atom stereocenters. The van der Waals surface area contributed by atoms with Crippen LogP contribution in [0.4, 0.5) is 4.39 Å². The Bertz CT molecular complexity index is 168. The summed E-state index contributed by atoms with van der Waals surface area (Å²) < 4.78 is 13.1. The summed E-state index contributed by atoms with van der Waals surface area (Å²) >= 11 is 0.